The van der Waals surface area contributed by atoms with Crippen molar-refractivity contribution in [2.24, 2.45) is 0 Å². The van der Waals surface area contributed by atoms with E-state index in [2.05, 4.69) is 19.6 Å². The third-order valence-corrected chi connectivity index (χ3v) is 4.10. The summed E-state index contributed by atoms with van der Waals surface area (Å²) in [5, 5.41) is 4.53. The molecule has 1 N–H and O–H groups in total. The van der Waals surface area contributed by atoms with Crippen LogP contribution in [0.5, 0.6) is 0 Å². The first-order chi connectivity index (χ1) is 8.81. The van der Waals surface area contributed by atoms with Crippen LogP contribution in [0.15, 0.2) is 0 Å². The molecule has 1 unspecified atom stereocenters. The zero-order valence-corrected chi connectivity index (χ0v) is 12.0. The summed E-state index contributed by atoms with van der Waals surface area (Å²) in [6.07, 6.45) is 3.80. The lowest BCUT2D eigenvalue weighted by atomic mass is 10.0. The molecule has 5 nitrogen and oxygen atoms in total. The van der Waals surface area contributed by atoms with Gasteiger partial charge in [-0.15, -0.1) is 0 Å². The molecule has 0 aromatic carbocycles. The molecule has 6 heteroatoms. The van der Waals surface area contributed by atoms with Crippen molar-refractivity contribution >= 4 is 16.7 Å². The van der Waals surface area contributed by atoms with Crippen molar-refractivity contribution in [3.05, 3.63) is 5.82 Å². The molecule has 0 aliphatic carbocycles. The molecular weight excluding hydrogens is 248 g/mol. The van der Waals surface area contributed by atoms with Gasteiger partial charge in [-0.1, -0.05) is 0 Å². The number of aryl methyl sites for hydroxylation is 1. The van der Waals surface area contributed by atoms with Crippen molar-refractivity contribution in [2.45, 2.75) is 32.2 Å². The molecule has 102 valence electrons. The first-order valence-corrected chi connectivity index (χ1v) is 7.35. The first-order valence-electron chi connectivity index (χ1n) is 6.58. The number of methoxy groups -OCH3 is 1. The van der Waals surface area contributed by atoms with E-state index in [0.29, 0.717) is 6.04 Å². The Morgan fingerprint density at radius 1 is 1.50 bits per heavy atom. The summed E-state index contributed by atoms with van der Waals surface area (Å²) in [6.45, 7) is 5.74. The van der Waals surface area contributed by atoms with E-state index in [-0.39, 0.29) is 0 Å². The van der Waals surface area contributed by atoms with Crippen molar-refractivity contribution in [1.29, 1.82) is 0 Å². The van der Waals surface area contributed by atoms with Crippen LogP contribution < -0.4 is 10.2 Å². The number of piperidine rings is 1. The van der Waals surface area contributed by atoms with Crippen molar-refractivity contribution in [1.82, 2.24) is 14.7 Å². The molecule has 0 amide bonds. The monoisotopic (exact) mass is 270 g/mol. The van der Waals surface area contributed by atoms with Crippen LogP contribution in [0, 0.1) is 6.92 Å². The standard InChI is InChI=1S/C12H22N4OS/c1-10-14-12(18-15-10)16-7-4-3-5-11(16)9-13-6-8-17-2/h11,13H,3-9H2,1-2H3. The Morgan fingerprint density at radius 3 is 3.11 bits per heavy atom. The van der Waals surface area contributed by atoms with Crippen molar-refractivity contribution in [2.75, 3.05) is 38.3 Å². The molecule has 0 spiro atoms. The zero-order chi connectivity index (χ0) is 12.8. The fourth-order valence-electron chi connectivity index (χ4n) is 2.31. The van der Waals surface area contributed by atoms with E-state index in [1.807, 2.05) is 6.92 Å². The molecule has 0 bridgehead atoms. The summed E-state index contributed by atoms with van der Waals surface area (Å²) in [6, 6.07) is 0.544. The van der Waals surface area contributed by atoms with Crippen molar-refractivity contribution in [3.8, 4) is 0 Å². The summed E-state index contributed by atoms with van der Waals surface area (Å²) in [4.78, 5) is 6.92. The number of aromatic nitrogens is 2. The average molecular weight is 270 g/mol. The molecule has 1 aromatic rings. The highest BCUT2D eigenvalue weighted by molar-refractivity contribution is 7.09. The average Bonchev–Trinajstić information content (AvgIpc) is 2.82. The summed E-state index contributed by atoms with van der Waals surface area (Å²) >= 11 is 1.52. The van der Waals surface area contributed by atoms with Gasteiger partial charge in [0.15, 0.2) is 0 Å². The molecule has 1 fully saturated rings. The number of hydrogen-bond acceptors (Lipinski definition) is 6. The largest absolute Gasteiger partial charge is 0.383 e. The quantitative estimate of drug-likeness (QED) is 0.793. The lowest BCUT2D eigenvalue weighted by Gasteiger charge is -2.35. The minimum absolute atomic E-state index is 0.544. The molecule has 0 saturated carbocycles. The fraction of sp³-hybridized carbons (Fsp3) is 0.833. The Kier molecular flexibility index (Phi) is 5.34. The summed E-state index contributed by atoms with van der Waals surface area (Å²) in [7, 11) is 1.73. The number of nitrogens with one attached hydrogen (secondary N) is 1. The highest BCUT2D eigenvalue weighted by Crippen LogP contribution is 2.25. The van der Waals surface area contributed by atoms with Crippen LogP contribution in [0.4, 0.5) is 5.13 Å². The Morgan fingerprint density at radius 2 is 2.39 bits per heavy atom. The maximum Gasteiger partial charge on any atom is 0.205 e. The summed E-state index contributed by atoms with van der Waals surface area (Å²) < 4.78 is 9.33. The second kappa shape index (κ2) is 7.01. The second-order valence-electron chi connectivity index (χ2n) is 4.66. The van der Waals surface area contributed by atoms with Crippen LogP contribution in [-0.4, -0.2) is 48.8 Å². The third kappa shape index (κ3) is 3.63. The van der Waals surface area contributed by atoms with Gasteiger partial charge in [-0.3, -0.25) is 0 Å². The van der Waals surface area contributed by atoms with Crippen LogP contribution >= 0.6 is 11.5 Å². The van der Waals surface area contributed by atoms with Gasteiger partial charge in [0.25, 0.3) is 0 Å². The minimum atomic E-state index is 0.544. The van der Waals surface area contributed by atoms with Crippen LogP contribution in [0.2, 0.25) is 0 Å². The third-order valence-electron chi connectivity index (χ3n) is 3.25. The molecule has 2 rings (SSSR count). The van der Waals surface area contributed by atoms with Gasteiger partial charge in [-0.25, -0.2) is 4.98 Å². The molecule has 18 heavy (non-hydrogen) atoms. The predicted molar refractivity (Wildman–Crippen MR) is 74.4 cm³/mol. The Balaban J connectivity index is 1.89. The van der Waals surface area contributed by atoms with Gasteiger partial charge in [-0.05, 0) is 26.2 Å². The number of rotatable bonds is 6. The molecule has 1 atom stereocenters. The molecule has 1 saturated heterocycles. The lowest BCUT2D eigenvalue weighted by molar-refractivity contribution is 0.198. The maximum absolute atomic E-state index is 5.05. The van der Waals surface area contributed by atoms with Crippen LogP contribution in [-0.2, 0) is 4.74 Å². The van der Waals surface area contributed by atoms with Gasteiger partial charge in [0.2, 0.25) is 5.13 Å². The summed E-state index contributed by atoms with van der Waals surface area (Å²) in [5.74, 6) is 0.881. The topological polar surface area (TPSA) is 50.3 Å². The Hall–Kier alpha value is -0.720. The zero-order valence-electron chi connectivity index (χ0n) is 11.2. The smallest absolute Gasteiger partial charge is 0.205 e. The normalized spacial score (nSPS) is 20.3. The van der Waals surface area contributed by atoms with E-state index < -0.39 is 0 Å². The van der Waals surface area contributed by atoms with Gasteiger partial charge < -0.3 is 15.0 Å². The predicted octanol–water partition coefficient (Wildman–Crippen LogP) is 1.44. The van der Waals surface area contributed by atoms with Gasteiger partial charge in [0.1, 0.15) is 5.82 Å². The van der Waals surface area contributed by atoms with Gasteiger partial charge >= 0.3 is 0 Å². The highest BCUT2D eigenvalue weighted by atomic mass is 32.1. The molecule has 1 aliphatic rings. The molecule has 1 aliphatic heterocycles. The van der Waals surface area contributed by atoms with E-state index in [1.54, 1.807) is 7.11 Å². The fourth-order valence-corrected chi connectivity index (χ4v) is 3.08. The van der Waals surface area contributed by atoms with Crippen LogP contribution in [0.25, 0.3) is 0 Å². The number of ether oxygens (including phenoxy) is 1. The second-order valence-corrected chi connectivity index (χ2v) is 5.39. The number of anilines is 1. The van der Waals surface area contributed by atoms with Gasteiger partial charge in [-0.2, -0.15) is 4.37 Å². The van der Waals surface area contributed by atoms with Crippen LogP contribution in [0.3, 0.4) is 0 Å². The van der Waals surface area contributed by atoms with E-state index in [0.717, 1.165) is 37.2 Å². The van der Waals surface area contributed by atoms with Crippen molar-refractivity contribution < 1.29 is 4.74 Å². The SMILES string of the molecule is COCCNCC1CCCCN1c1nc(C)ns1. The highest BCUT2D eigenvalue weighted by Gasteiger charge is 2.24. The van der Waals surface area contributed by atoms with Crippen molar-refractivity contribution in [3.63, 3.8) is 0 Å². The Bertz CT molecular complexity index is 358. The van der Waals surface area contributed by atoms with Gasteiger partial charge in [0, 0.05) is 44.3 Å². The van der Waals surface area contributed by atoms with E-state index in [1.165, 1.54) is 30.8 Å². The first kappa shape index (κ1) is 13.7. The number of nitrogens with zero attached hydrogens (tertiary/aromatic N) is 3. The molecule has 0 radical (unpaired) electrons. The molecule has 1 aromatic heterocycles. The van der Waals surface area contributed by atoms with E-state index in [9.17, 15) is 0 Å². The lowest BCUT2D eigenvalue weighted by Crippen LogP contribution is -2.46. The Labute approximate surface area is 113 Å². The van der Waals surface area contributed by atoms with Crippen LogP contribution in [0.1, 0.15) is 25.1 Å². The maximum atomic E-state index is 5.05. The van der Waals surface area contributed by atoms with Gasteiger partial charge in [0.05, 0.1) is 6.61 Å². The minimum Gasteiger partial charge on any atom is -0.383 e. The molecular formula is C12H22N4OS. The van der Waals surface area contributed by atoms with E-state index in [4.69, 9.17) is 4.74 Å². The van der Waals surface area contributed by atoms with E-state index >= 15 is 0 Å². The molecule has 2 heterocycles. The number of hydrogen-bond donors (Lipinski definition) is 1. The summed E-state index contributed by atoms with van der Waals surface area (Å²) in [5.41, 5.74) is 0.